The van der Waals surface area contributed by atoms with E-state index in [4.69, 9.17) is 11.2 Å². The van der Waals surface area contributed by atoms with Crippen LogP contribution in [0, 0.1) is 12.3 Å². The number of ether oxygens (including phenoxy) is 1. The lowest BCUT2D eigenvalue weighted by atomic mass is 9.92. The van der Waals surface area contributed by atoms with Gasteiger partial charge in [-0.2, -0.15) is 0 Å². The van der Waals surface area contributed by atoms with Gasteiger partial charge < -0.3 is 10.1 Å². The monoisotopic (exact) mass is 209 g/mol. The minimum absolute atomic E-state index is 0.444. The van der Waals surface area contributed by atoms with Crippen LogP contribution in [0.1, 0.15) is 45.4 Å². The average molecular weight is 209 g/mol. The zero-order chi connectivity index (χ0) is 11.1. The molecule has 0 aliphatic heterocycles. The van der Waals surface area contributed by atoms with Crippen molar-refractivity contribution in [1.29, 1.82) is 0 Å². The van der Waals surface area contributed by atoms with Crippen molar-refractivity contribution in [3.63, 3.8) is 0 Å². The molecule has 0 saturated heterocycles. The summed E-state index contributed by atoms with van der Waals surface area (Å²) in [7, 11) is 1.81. The molecule has 1 aliphatic rings. The van der Waals surface area contributed by atoms with E-state index < -0.39 is 0 Å². The number of hydrogen-bond donors (Lipinski definition) is 1. The molecule has 1 saturated carbocycles. The first-order valence-electron chi connectivity index (χ1n) is 6.02. The van der Waals surface area contributed by atoms with Crippen LogP contribution in [0.5, 0.6) is 0 Å². The van der Waals surface area contributed by atoms with E-state index in [2.05, 4.69) is 18.2 Å². The van der Waals surface area contributed by atoms with Gasteiger partial charge in [-0.05, 0) is 32.1 Å². The summed E-state index contributed by atoms with van der Waals surface area (Å²) in [6, 6.07) is 1.08. The standard InChI is InChI=1S/C13H23NO/c1-4-7-11(5-2)14-12-8-6-9-13(10-12)15-3/h1,11-14H,5-10H2,2-3H3. The summed E-state index contributed by atoms with van der Waals surface area (Å²) in [5.74, 6) is 2.74. The van der Waals surface area contributed by atoms with Crippen LogP contribution in [-0.4, -0.2) is 25.3 Å². The normalized spacial score (nSPS) is 28.3. The third-order valence-electron chi connectivity index (χ3n) is 3.29. The predicted molar refractivity (Wildman–Crippen MR) is 63.7 cm³/mol. The molecule has 15 heavy (non-hydrogen) atoms. The second kappa shape index (κ2) is 6.87. The Balaban J connectivity index is 2.33. The van der Waals surface area contributed by atoms with Gasteiger partial charge in [0.15, 0.2) is 0 Å². The lowest BCUT2D eigenvalue weighted by molar-refractivity contribution is 0.0569. The molecular weight excluding hydrogens is 186 g/mol. The van der Waals surface area contributed by atoms with Gasteiger partial charge in [0.1, 0.15) is 0 Å². The number of methoxy groups -OCH3 is 1. The highest BCUT2D eigenvalue weighted by atomic mass is 16.5. The molecule has 2 nitrogen and oxygen atoms in total. The van der Waals surface area contributed by atoms with Gasteiger partial charge in [-0.15, -0.1) is 12.3 Å². The van der Waals surface area contributed by atoms with Gasteiger partial charge in [-0.1, -0.05) is 6.92 Å². The van der Waals surface area contributed by atoms with Gasteiger partial charge >= 0.3 is 0 Å². The van der Waals surface area contributed by atoms with Crippen molar-refractivity contribution in [2.75, 3.05) is 7.11 Å². The molecule has 86 valence electrons. The second-order valence-electron chi connectivity index (χ2n) is 4.40. The topological polar surface area (TPSA) is 21.3 Å². The predicted octanol–water partition coefficient (Wildman–Crippen LogP) is 2.34. The first kappa shape index (κ1) is 12.5. The summed E-state index contributed by atoms with van der Waals surface area (Å²) in [6.07, 6.45) is 12.6. The summed E-state index contributed by atoms with van der Waals surface area (Å²) in [5.41, 5.74) is 0. The Morgan fingerprint density at radius 1 is 1.53 bits per heavy atom. The van der Waals surface area contributed by atoms with Crippen LogP contribution in [0.4, 0.5) is 0 Å². The maximum Gasteiger partial charge on any atom is 0.0586 e. The molecule has 1 fully saturated rings. The number of terminal acetylenes is 1. The molecule has 3 unspecified atom stereocenters. The van der Waals surface area contributed by atoms with Crippen LogP contribution in [-0.2, 0) is 4.74 Å². The van der Waals surface area contributed by atoms with E-state index in [0.717, 1.165) is 19.3 Å². The van der Waals surface area contributed by atoms with Crippen molar-refractivity contribution in [1.82, 2.24) is 5.32 Å². The molecule has 0 spiro atoms. The molecule has 3 atom stereocenters. The van der Waals surface area contributed by atoms with Crippen LogP contribution in [0.25, 0.3) is 0 Å². The third kappa shape index (κ3) is 4.24. The fourth-order valence-electron chi connectivity index (χ4n) is 2.31. The van der Waals surface area contributed by atoms with Crippen LogP contribution in [0.2, 0.25) is 0 Å². The van der Waals surface area contributed by atoms with Crippen molar-refractivity contribution in [3.8, 4) is 12.3 Å². The molecule has 2 heteroatoms. The fourth-order valence-corrected chi connectivity index (χ4v) is 2.31. The Morgan fingerprint density at radius 2 is 2.33 bits per heavy atom. The maximum absolute atomic E-state index is 5.42. The highest BCUT2D eigenvalue weighted by Crippen LogP contribution is 2.21. The molecule has 0 aromatic heterocycles. The van der Waals surface area contributed by atoms with Crippen molar-refractivity contribution < 1.29 is 4.74 Å². The van der Waals surface area contributed by atoms with Crippen molar-refractivity contribution in [2.45, 2.75) is 63.6 Å². The lowest BCUT2D eigenvalue weighted by Gasteiger charge is -2.31. The summed E-state index contributed by atoms with van der Waals surface area (Å²) >= 11 is 0. The van der Waals surface area contributed by atoms with Crippen LogP contribution in [0.3, 0.4) is 0 Å². The van der Waals surface area contributed by atoms with Crippen LogP contribution < -0.4 is 5.32 Å². The zero-order valence-corrected chi connectivity index (χ0v) is 9.96. The molecule has 0 heterocycles. The first-order chi connectivity index (χ1) is 7.30. The summed E-state index contributed by atoms with van der Waals surface area (Å²) in [4.78, 5) is 0. The molecular formula is C13H23NO. The van der Waals surface area contributed by atoms with Gasteiger partial charge in [0.05, 0.1) is 6.10 Å². The lowest BCUT2D eigenvalue weighted by Crippen LogP contribution is -2.42. The Hall–Kier alpha value is -0.520. The van der Waals surface area contributed by atoms with Gasteiger partial charge in [0.25, 0.3) is 0 Å². The van der Waals surface area contributed by atoms with Gasteiger partial charge in [-0.25, -0.2) is 0 Å². The van der Waals surface area contributed by atoms with Crippen LogP contribution in [0.15, 0.2) is 0 Å². The Bertz CT molecular complexity index is 209. The second-order valence-corrected chi connectivity index (χ2v) is 4.40. The average Bonchev–Trinajstić information content (AvgIpc) is 2.29. The summed E-state index contributed by atoms with van der Waals surface area (Å²) in [5, 5.41) is 3.65. The molecule has 1 rings (SSSR count). The molecule has 0 amide bonds. The van der Waals surface area contributed by atoms with Crippen molar-refractivity contribution >= 4 is 0 Å². The fraction of sp³-hybridized carbons (Fsp3) is 0.846. The van der Waals surface area contributed by atoms with Gasteiger partial charge in [0.2, 0.25) is 0 Å². The van der Waals surface area contributed by atoms with E-state index in [-0.39, 0.29) is 0 Å². The van der Waals surface area contributed by atoms with E-state index in [0.29, 0.717) is 18.2 Å². The van der Waals surface area contributed by atoms with Crippen molar-refractivity contribution in [2.24, 2.45) is 0 Å². The van der Waals surface area contributed by atoms with E-state index in [1.54, 1.807) is 0 Å². The molecule has 0 aromatic carbocycles. The zero-order valence-electron chi connectivity index (χ0n) is 9.96. The summed E-state index contributed by atoms with van der Waals surface area (Å²) in [6.45, 7) is 2.19. The van der Waals surface area contributed by atoms with E-state index in [1.807, 2.05) is 7.11 Å². The Kier molecular flexibility index (Phi) is 5.75. The largest absolute Gasteiger partial charge is 0.381 e. The van der Waals surface area contributed by atoms with E-state index >= 15 is 0 Å². The molecule has 1 N–H and O–H groups in total. The van der Waals surface area contributed by atoms with Gasteiger partial charge in [0, 0.05) is 25.6 Å². The maximum atomic E-state index is 5.42. The number of hydrogen-bond acceptors (Lipinski definition) is 2. The number of nitrogens with one attached hydrogen (secondary N) is 1. The highest BCUT2D eigenvalue weighted by molar-refractivity contribution is 4.91. The van der Waals surface area contributed by atoms with E-state index in [9.17, 15) is 0 Å². The minimum Gasteiger partial charge on any atom is -0.381 e. The van der Waals surface area contributed by atoms with Crippen LogP contribution >= 0.6 is 0 Å². The molecule has 1 aliphatic carbocycles. The Morgan fingerprint density at radius 3 is 2.93 bits per heavy atom. The van der Waals surface area contributed by atoms with Gasteiger partial charge in [-0.3, -0.25) is 0 Å². The Labute approximate surface area is 93.8 Å². The minimum atomic E-state index is 0.444. The quantitative estimate of drug-likeness (QED) is 0.702. The molecule has 0 radical (unpaired) electrons. The number of rotatable bonds is 5. The van der Waals surface area contributed by atoms with Crippen molar-refractivity contribution in [3.05, 3.63) is 0 Å². The third-order valence-corrected chi connectivity index (χ3v) is 3.29. The summed E-state index contributed by atoms with van der Waals surface area (Å²) < 4.78 is 5.42. The molecule has 0 bridgehead atoms. The smallest absolute Gasteiger partial charge is 0.0586 e. The SMILES string of the molecule is C#CCC(CC)NC1CCCC(OC)C1. The van der Waals surface area contributed by atoms with E-state index in [1.165, 1.54) is 19.3 Å². The highest BCUT2D eigenvalue weighted by Gasteiger charge is 2.22. The molecule has 0 aromatic rings. The first-order valence-corrected chi connectivity index (χ1v) is 6.02.